The molecule has 0 saturated carbocycles. The molecule has 0 unspecified atom stereocenters. The molecule has 2 aromatic rings. The molecule has 0 radical (unpaired) electrons. The number of halogens is 3. The van der Waals surface area contributed by atoms with Crippen molar-refractivity contribution in [1.82, 2.24) is 4.98 Å². The zero-order valence-electron chi connectivity index (χ0n) is 11.2. The van der Waals surface area contributed by atoms with Crippen LogP contribution in [-0.4, -0.2) is 24.0 Å². The van der Waals surface area contributed by atoms with Crippen molar-refractivity contribution in [2.45, 2.75) is 0 Å². The van der Waals surface area contributed by atoms with Gasteiger partial charge in [0, 0.05) is 12.1 Å². The number of carbonyl (C=O) groups is 2. The van der Waals surface area contributed by atoms with Gasteiger partial charge < -0.3 is 10.1 Å². The van der Waals surface area contributed by atoms with Crippen molar-refractivity contribution >= 4 is 17.7 Å². The Morgan fingerprint density at radius 1 is 1.14 bits per heavy atom. The first-order chi connectivity index (χ1) is 10.4. The Morgan fingerprint density at radius 2 is 1.77 bits per heavy atom. The lowest BCUT2D eigenvalue weighted by Crippen LogP contribution is -2.18. The van der Waals surface area contributed by atoms with Crippen molar-refractivity contribution < 1.29 is 27.5 Å². The molecular weight excluding hydrogens is 301 g/mol. The molecule has 0 aliphatic heterocycles. The predicted molar refractivity (Wildman–Crippen MR) is 69.8 cm³/mol. The van der Waals surface area contributed by atoms with Crippen molar-refractivity contribution in [2.24, 2.45) is 0 Å². The highest BCUT2D eigenvalue weighted by Crippen LogP contribution is 2.16. The van der Waals surface area contributed by atoms with Crippen LogP contribution in [-0.2, 0) is 4.74 Å². The van der Waals surface area contributed by atoms with E-state index in [-0.39, 0.29) is 11.5 Å². The molecule has 0 aliphatic rings. The third kappa shape index (κ3) is 3.22. The van der Waals surface area contributed by atoms with Gasteiger partial charge in [0.25, 0.3) is 5.91 Å². The Morgan fingerprint density at radius 3 is 2.36 bits per heavy atom. The summed E-state index contributed by atoms with van der Waals surface area (Å²) in [5.41, 5.74) is -1.05. The number of aromatic nitrogens is 1. The first-order valence-electron chi connectivity index (χ1n) is 5.93. The number of nitrogens with zero attached hydrogens (tertiary/aromatic N) is 1. The number of amides is 1. The number of hydrogen-bond donors (Lipinski definition) is 1. The second kappa shape index (κ2) is 6.25. The zero-order chi connectivity index (χ0) is 16.3. The maximum absolute atomic E-state index is 13.5. The van der Waals surface area contributed by atoms with E-state index in [1.165, 1.54) is 18.2 Å². The smallest absolute Gasteiger partial charge is 0.356 e. The molecule has 1 N–H and O–H groups in total. The molecule has 0 spiro atoms. The first-order valence-corrected chi connectivity index (χ1v) is 5.93. The summed E-state index contributed by atoms with van der Waals surface area (Å²) >= 11 is 0. The van der Waals surface area contributed by atoms with Crippen molar-refractivity contribution in [3.8, 4) is 0 Å². The molecule has 1 heterocycles. The summed E-state index contributed by atoms with van der Waals surface area (Å²) in [6.45, 7) is 0. The number of esters is 1. The summed E-state index contributed by atoms with van der Waals surface area (Å²) < 4.78 is 44.2. The number of benzene rings is 1. The van der Waals surface area contributed by atoms with E-state index in [9.17, 15) is 22.8 Å². The fourth-order valence-corrected chi connectivity index (χ4v) is 1.66. The minimum atomic E-state index is -1.35. The van der Waals surface area contributed by atoms with Crippen LogP contribution in [0.1, 0.15) is 20.8 Å². The number of rotatable bonds is 3. The average Bonchev–Trinajstić information content (AvgIpc) is 2.45. The molecule has 0 saturated heterocycles. The molecule has 2 rings (SSSR count). The van der Waals surface area contributed by atoms with Crippen LogP contribution in [0.4, 0.5) is 19.0 Å². The lowest BCUT2D eigenvalue weighted by molar-refractivity contribution is 0.0594. The van der Waals surface area contributed by atoms with E-state index in [4.69, 9.17) is 0 Å². The highest BCUT2D eigenvalue weighted by Gasteiger charge is 2.20. The summed E-state index contributed by atoms with van der Waals surface area (Å²) in [5.74, 6) is -5.86. The SMILES string of the molecule is COC(=O)c1cccc(NC(=O)c2c(F)cc(F)cc2F)n1. The fraction of sp³-hybridized carbons (Fsp3) is 0.0714. The molecule has 0 bridgehead atoms. The second-order valence-corrected chi connectivity index (χ2v) is 4.10. The lowest BCUT2D eigenvalue weighted by Gasteiger charge is -2.07. The molecule has 22 heavy (non-hydrogen) atoms. The van der Waals surface area contributed by atoms with Gasteiger partial charge in [0.2, 0.25) is 0 Å². The van der Waals surface area contributed by atoms with Crippen LogP contribution in [0.3, 0.4) is 0 Å². The molecule has 1 aromatic heterocycles. The quantitative estimate of drug-likeness (QED) is 0.885. The summed E-state index contributed by atoms with van der Waals surface area (Å²) in [7, 11) is 1.15. The number of nitrogens with one attached hydrogen (secondary N) is 1. The second-order valence-electron chi connectivity index (χ2n) is 4.10. The number of carbonyl (C=O) groups excluding carboxylic acids is 2. The van der Waals surface area contributed by atoms with E-state index >= 15 is 0 Å². The number of anilines is 1. The minimum Gasteiger partial charge on any atom is -0.464 e. The highest BCUT2D eigenvalue weighted by atomic mass is 19.1. The van der Waals surface area contributed by atoms with Crippen LogP contribution in [0.15, 0.2) is 30.3 Å². The van der Waals surface area contributed by atoms with Gasteiger partial charge in [0.15, 0.2) is 5.69 Å². The molecule has 0 fully saturated rings. The van der Waals surface area contributed by atoms with Gasteiger partial charge in [-0.25, -0.2) is 22.9 Å². The average molecular weight is 310 g/mol. The minimum absolute atomic E-state index is 0.0969. The Balaban J connectivity index is 2.28. The molecule has 5 nitrogen and oxygen atoms in total. The third-order valence-corrected chi connectivity index (χ3v) is 2.62. The first kappa shape index (κ1) is 15.5. The summed E-state index contributed by atoms with van der Waals surface area (Å²) in [5, 5.41) is 2.12. The third-order valence-electron chi connectivity index (χ3n) is 2.62. The monoisotopic (exact) mass is 310 g/mol. The van der Waals surface area contributed by atoms with Crippen LogP contribution >= 0.6 is 0 Å². The van der Waals surface area contributed by atoms with Crippen LogP contribution in [0.5, 0.6) is 0 Å². The van der Waals surface area contributed by atoms with E-state index in [0.717, 1.165) is 7.11 Å². The summed E-state index contributed by atoms with van der Waals surface area (Å²) in [6.07, 6.45) is 0. The predicted octanol–water partition coefficient (Wildman–Crippen LogP) is 2.54. The summed E-state index contributed by atoms with van der Waals surface area (Å²) in [6, 6.07) is 4.81. The number of methoxy groups -OCH3 is 1. The lowest BCUT2D eigenvalue weighted by atomic mass is 10.1. The molecule has 114 valence electrons. The van der Waals surface area contributed by atoms with Crippen molar-refractivity contribution in [2.75, 3.05) is 12.4 Å². The van der Waals surface area contributed by atoms with Gasteiger partial charge in [-0.15, -0.1) is 0 Å². The van der Waals surface area contributed by atoms with E-state index in [1.807, 2.05) is 0 Å². The molecule has 8 heteroatoms. The number of hydrogen-bond acceptors (Lipinski definition) is 4. The van der Waals surface area contributed by atoms with E-state index in [0.29, 0.717) is 12.1 Å². The fourth-order valence-electron chi connectivity index (χ4n) is 1.66. The molecule has 1 amide bonds. The number of pyridine rings is 1. The van der Waals surface area contributed by atoms with Crippen LogP contribution in [0, 0.1) is 17.5 Å². The molecule has 0 atom stereocenters. The largest absolute Gasteiger partial charge is 0.464 e. The van der Waals surface area contributed by atoms with Gasteiger partial charge in [0.1, 0.15) is 28.8 Å². The number of ether oxygens (including phenoxy) is 1. The molecular formula is C14H9F3N2O3. The van der Waals surface area contributed by atoms with E-state index in [1.54, 1.807) is 0 Å². The Hall–Kier alpha value is -2.90. The Labute approximate surface area is 122 Å². The van der Waals surface area contributed by atoms with Crippen LogP contribution < -0.4 is 5.32 Å². The van der Waals surface area contributed by atoms with Crippen molar-refractivity contribution in [3.05, 3.63) is 59.0 Å². The van der Waals surface area contributed by atoms with Crippen molar-refractivity contribution in [3.63, 3.8) is 0 Å². The standard InChI is InChI=1S/C14H9F3N2O3/c1-22-14(21)10-3-2-4-11(18-10)19-13(20)12-8(16)5-7(15)6-9(12)17/h2-6H,1H3,(H,18,19,20). The highest BCUT2D eigenvalue weighted by molar-refractivity contribution is 6.04. The Kier molecular flexibility index (Phi) is 4.40. The normalized spacial score (nSPS) is 10.2. The van der Waals surface area contributed by atoms with Gasteiger partial charge in [-0.05, 0) is 12.1 Å². The maximum atomic E-state index is 13.5. The van der Waals surface area contributed by atoms with Crippen LogP contribution in [0.2, 0.25) is 0 Å². The molecule has 0 aliphatic carbocycles. The van der Waals surface area contributed by atoms with E-state index in [2.05, 4.69) is 15.0 Å². The zero-order valence-corrected chi connectivity index (χ0v) is 11.2. The summed E-state index contributed by atoms with van der Waals surface area (Å²) in [4.78, 5) is 26.9. The maximum Gasteiger partial charge on any atom is 0.356 e. The van der Waals surface area contributed by atoms with Gasteiger partial charge in [-0.3, -0.25) is 4.79 Å². The van der Waals surface area contributed by atoms with Gasteiger partial charge >= 0.3 is 5.97 Å². The van der Waals surface area contributed by atoms with E-state index < -0.39 is 34.9 Å². The van der Waals surface area contributed by atoms with Crippen LogP contribution in [0.25, 0.3) is 0 Å². The van der Waals surface area contributed by atoms with Gasteiger partial charge in [-0.1, -0.05) is 6.07 Å². The Bertz CT molecular complexity index is 727. The van der Waals surface area contributed by atoms with Crippen molar-refractivity contribution in [1.29, 1.82) is 0 Å². The van der Waals surface area contributed by atoms with Gasteiger partial charge in [0.05, 0.1) is 7.11 Å². The molecule has 1 aromatic carbocycles. The van der Waals surface area contributed by atoms with Gasteiger partial charge in [-0.2, -0.15) is 0 Å². The topological polar surface area (TPSA) is 68.3 Å².